The van der Waals surface area contributed by atoms with Crippen LogP contribution in [0.25, 0.3) is 16.6 Å². The number of thioether (sulfide) groups is 1. The molecule has 0 saturated heterocycles. The van der Waals surface area contributed by atoms with Crippen LogP contribution in [0, 0.1) is 6.92 Å². The minimum atomic E-state index is -0.155. The first-order valence-electron chi connectivity index (χ1n) is 9.02. The molecule has 0 spiro atoms. The van der Waals surface area contributed by atoms with Gasteiger partial charge in [0.15, 0.2) is 5.16 Å². The van der Waals surface area contributed by atoms with Gasteiger partial charge in [-0.25, -0.2) is 4.98 Å². The monoisotopic (exact) mass is 398 g/mol. The number of rotatable bonds is 3. The van der Waals surface area contributed by atoms with E-state index in [-0.39, 0.29) is 16.6 Å². The van der Waals surface area contributed by atoms with Crippen LogP contribution >= 0.6 is 23.4 Å². The molecule has 0 radical (unpaired) electrons. The Morgan fingerprint density at radius 3 is 2.74 bits per heavy atom. The molecule has 4 nitrogen and oxygen atoms in total. The van der Waals surface area contributed by atoms with Crippen LogP contribution in [0.3, 0.4) is 0 Å². The molecule has 1 aromatic heterocycles. The van der Waals surface area contributed by atoms with E-state index in [4.69, 9.17) is 16.6 Å². The number of benzene rings is 2. The van der Waals surface area contributed by atoms with Gasteiger partial charge in [0.05, 0.1) is 21.8 Å². The van der Waals surface area contributed by atoms with Gasteiger partial charge >= 0.3 is 0 Å². The van der Waals surface area contributed by atoms with Crippen molar-refractivity contribution in [1.29, 1.82) is 0 Å². The molecule has 1 aliphatic rings. The van der Waals surface area contributed by atoms with Gasteiger partial charge in [-0.2, -0.15) is 0 Å². The van der Waals surface area contributed by atoms with Crippen molar-refractivity contribution >= 4 is 40.0 Å². The molecule has 0 amide bonds. The summed E-state index contributed by atoms with van der Waals surface area (Å²) in [5.41, 5.74) is 2.18. The third kappa shape index (κ3) is 3.54. The molecule has 1 heterocycles. The number of aryl methyl sites for hydroxylation is 1. The molecule has 6 heteroatoms. The van der Waals surface area contributed by atoms with Gasteiger partial charge in [0.25, 0.3) is 5.56 Å². The van der Waals surface area contributed by atoms with E-state index in [2.05, 4.69) is 0 Å². The lowest BCUT2D eigenvalue weighted by Crippen LogP contribution is -2.26. The number of para-hydroxylation sites is 1. The van der Waals surface area contributed by atoms with Crippen molar-refractivity contribution in [3.05, 3.63) is 63.4 Å². The summed E-state index contributed by atoms with van der Waals surface area (Å²) in [6, 6.07) is 12.8. The Labute approximate surface area is 166 Å². The molecular formula is C21H19ClN2O2S. The molecule has 1 unspecified atom stereocenters. The molecule has 2 aromatic carbocycles. The lowest BCUT2D eigenvalue weighted by atomic mass is 9.99. The maximum Gasteiger partial charge on any atom is 0.266 e. The van der Waals surface area contributed by atoms with E-state index in [1.54, 1.807) is 22.8 Å². The van der Waals surface area contributed by atoms with Crippen LogP contribution in [0.2, 0.25) is 5.02 Å². The average molecular weight is 399 g/mol. The van der Waals surface area contributed by atoms with Gasteiger partial charge in [0.2, 0.25) is 0 Å². The first-order chi connectivity index (χ1) is 13.0. The average Bonchev–Trinajstić information content (AvgIpc) is 2.65. The Morgan fingerprint density at radius 1 is 1.15 bits per heavy atom. The second-order valence-corrected chi connectivity index (χ2v) is 8.41. The maximum atomic E-state index is 13.3. The Morgan fingerprint density at radius 2 is 1.96 bits per heavy atom. The van der Waals surface area contributed by atoms with E-state index >= 15 is 0 Å². The molecule has 1 saturated carbocycles. The van der Waals surface area contributed by atoms with Crippen LogP contribution in [0.4, 0.5) is 0 Å². The van der Waals surface area contributed by atoms with Crippen molar-refractivity contribution in [1.82, 2.24) is 9.55 Å². The van der Waals surface area contributed by atoms with Gasteiger partial charge < -0.3 is 0 Å². The minimum absolute atomic E-state index is 0.142. The number of fused-ring (bicyclic) bond motifs is 1. The highest BCUT2D eigenvalue weighted by molar-refractivity contribution is 8.00. The zero-order chi connectivity index (χ0) is 19.0. The quantitative estimate of drug-likeness (QED) is 0.585. The van der Waals surface area contributed by atoms with Crippen molar-refractivity contribution in [2.75, 3.05) is 0 Å². The molecule has 0 bridgehead atoms. The molecular weight excluding hydrogens is 380 g/mol. The first kappa shape index (κ1) is 18.3. The Balaban J connectivity index is 1.94. The van der Waals surface area contributed by atoms with Crippen LogP contribution in [0.1, 0.15) is 31.2 Å². The fourth-order valence-corrected chi connectivity index (χ4v) is 4.84. The third-order valence-electron chi connectivity index (χ3n) is 4.90. The summed E-state index contributed by atoms with van der Waals surface area (Å²) < 4.78 is 1.64. The van der Waals surface area contributed by atoms with Crippen molar-refractivity contribution in [2.45, 2.75) is 43.0 Å². The molecule has 138 valence electrons. The predicted octanol–water partition coefficient (Wildman–Crippen LogP) is 4.95. The number of hydrogen-bond acceptors (Lipinski definition) is 4. The van der Waals surface area contributed by atoms with Crippen molar-refractivity contribution < 1.29 is 4.79 Å². The topological polar surface area (TPSA) is 52.0 Å². The third-order valence-corrected chi connectivity index (χ3v) is 6.41. The molecule has 1 fully saturated rings. The van der Waals surface area contributed by atoms with E-state index in [9.17, 15) is 9.59 Å². The number of ketones is 1. The number of carbonyl (C=O) groups is 1. The molecule has 4 rings (SSSR count). The summed E-state index contributed by atoms with van der Waals surface area (Å²) in [7, 11) is 0. The van der Waals surface area contributed by atoms with Crippen LogP contribution < -0.4 is 5.56 Å². The summed E-state index contributed by atoms with van der Waals surface area (Å²) in [6.45, 7) is 1.97. The molecule has 27 heavy (non-hydrogen) atoms. The van der Waals surface area contributed by atoms with Crippen LogP contribution in [0.5, 0.6) is 0 Å². The summed E-state index contributed by atoms with van der Waals surface area (Å²) >= 11 is 7.51. The number of aromatic nitrogens is 2. The van der Waals surface area contributed by atoms with E-state index in [0.29, 0.717) is 27.5 Å². The van der Waals surface area contributed by atoms with Gasteiger partial charge in [0.1, 0.15) is 5.78 Å². The zero-order valence-corrected chi connectivity index (χ0v) is 16.5. The van der Waals surface area contributed by atoms with E-state index in [0.717, 1.165) is 30.5 Å². The summed E-state index contributed by atoms with van der Waals surface area (Å²) in [5.74, 6) is 0.239. The first-order valence-corrected chi connectivity index (χ1v) is 10.3. The van der Waals surface area contributed by atoms with E-state index in [1.165, 1.54) is 11.8 Å². The number of Topliss-reactive ketones (excluding diaryl/α,β-unsaturated/α-hetero) is 1. The second-order valence-electron chi connectivity index (χ2n) is 6.80. The van der Waals surface area contributed by atoms with Gasteiger partial charge in [-0.05, 0) is 49.6 Å². The molecule has 1 aliphatic carbocycles. The Kier molecular flexibility index (Phi) is 5.06. The SMILES string of the molecule is Cc1ccccc1-n1c(SC2CCCCC2=O)nc2cc(Cl)ccc2c1=O. The summed E-state index contributed by atoms with van der Waals surface area (Å²) in [5, 5.41) is 1.44. The summed E-state index contributed by atoms with van der Waals surface area (Å²) in [4.78, 5) is 30.4. The Bertz CT molecular complexity index is 1090. The van der Waals surface area contributed by atoms with Gasteiger partial charge in [-0.1, -0.05) is 48.0 Å². The summed E-state index contributed by atoms with van der Waals surface area (Å²) in [6.07, 6.45) is 3.39. The van der Waals surface area contributed by atoms with Crippen molar-refractivity contribution in [3.8, 4) is 5.69 Å². The van der Waals surface area contributed by atoms with Crippen LogP contribution in [-0.2, 0) is 4.79 Å². The van der Waals surface area contributed by atoms with Crippen LogP contribution in [-0.4, -0.2) is 20.6 Å². The predicted molar refractivity (Wildman–Crippen MR) is 110 cm³/mol. The maximum absolute atomic E-state index is 13.3. The Hall–Kier alpha value is -2.11. The number of halogens is 1. The number of nitrogens with zero attached hydrogens (tertiary/aromatic N) is 2. The molecule has 0 N–H and O–H groups in total. The normalized spacial score (nSPS) is 17.4. The highest BCUT2D eigenvalue weighted by atomic mass is 35.5. The van der Waals surface area contributed by atoms with Crippen molar-refractivity contribution in [3.63, 3.8) is 0 Å². The van der Waals surface area contributed by atoms with Gasteiger partial charge in [-0.3, -0.25) is 14.2 Å². The second kappa shape index (κ2) is 7.49. The lowest BCUT2D eigenvalue weighted by Gasteiger charge is -2.22. The lowest BCUT2D eigenvalue weighted by molar-refractivity contribution is -0.119. The van der Waals surface area contributed by atoms with E-state index in [1.807, 2.05) is 31.2 Å². The highest BCUT2D eigenvalue weighted by Crippen LogP contribution is 2.32. The number of carbonyl (C=O) groups excluding carboxylic acids is 1. The molecule has 0 aliphatic heterocycles. The fourth-order valence-electron chi connectivity index (χ4n) is 3.45. The minimum Gasteiger partial charge on any atom is -0.298 e. The molecule has 1 atom stereocenters. The smallest absolute Gasteiger partial charge is 0.266 e. The molecule has 3 aromatic rings. The zero-order valence-electron chi connectivity index (χ0n) is 14.9. The van der Waals surface area contributed by atoms with Crippen molar-refractivity contribution in [2.24, 2.45) is 0 Å². The van der Waals surface area contributed by atoms with Gasteiger partial charge in [-0.15, -0.1) is 0 Å². The number of hydrogen-bond donors (Lipinski definition) is 0. The largest absolute Gasteiger partial charge is 0.298 e. The van der Waals surface area contributed by atoms with Crippen LogP contribution in [0.15, 0.2) is 52.4 Å². The highest BCUT2D eigenvalue weighted by Gasteiger charge is 2.26. The van der Waals surface area contributed by atoms with Gasteiger partial charge in [0, 0.05) is 11.4 Å². The standard InChI is InChI=1S/C21H19ClN2O2S/c1-13-6-2-3-7-17(13)24-20(26)15-11-10-14(22)12-16(15)23-21(24)27-19-9-5-4-8-18(19)25/h2-3,6-7,10-12,19H,4-5,8-9H2,1H3. The van der Waals surface area contributed by atoms with E-state index < -0.39 is 0 Å². The fraction of sp³-hybridized carbons (Fsp3) is 0.286.